The molecule has 0 saturated heterocycles. The molecule has 0 N–H and O–H groups in total. The summed E-state index contributed by atoms with van der Waals surface area (Å²) in [4.78, 5) is 8.05. The molecule has 0 spiro atoms. The second-order valence-electron chi connectivity index (χ2n) is 4.27. The van der Waals surface area contributed by atoms with E-state index >= 15 is 0 Å². The van der Waals surface area contributed by atoms with E-state index in [1.807, 2.05) is 24.8 Å². The lowest BCUT2D eigenvalue weighted by Gasteiger charge is -2.02. The summed E-state index contributed by atoms with van der Waals surface area (Å²) >= 11 is 0. The van der Waals surface area contributed by atoms with Crippen molar-refractivity contribution in [2.75, 3.05) is 0 Å². The standard InChI is InChI=1S/C15H18N2/c1(2-4-14-6-10-16-11-7-14)3-5-15-8-12-17-13-9-15/h6-13H,1-5H2. The summed E-state index contributed by atoms with van der Waals surface area (Å²) in [7, 11) is 0. The molecular weight excluding hydrogens is 208 g/mol. The molecule has 88 valence electrons. The number of hydrogen-bond acceptors (Lipinski definition) is 2. The number of rotatable bonds is 6. The zero-order valence-corrected chi connectivity index (χ0v) is 10.0. The number of pyridine rings is 2. The maximum absolute atomic E-state index is 4.02. The van der Waals surface area contributed by atoms with Gasteiger partial charge in [0.2, 0.25) is 0 Å². The van der Waals surface area contributed by atoms with Crippen LogP contribution in [0, 0.1) is 0 Å². The topological polar surface area (TPSA) is 25.8 Å². The molecule has 0 aliphatic carbocycles. The minimum absolute atomic E-state index is 1.17. The Morgan fingerprint density at radius 1 is 0.588 bits per heavy atom. The molecule has 2 nitrogen and oxygen atoms in total. The van der Waals surface area contributed by atoms with E-state index in [1.54, 1.807) is 0 Å². The molecule has 0 saturated carbocycles. The fraction of sp³-hybridized carbons (Fsp3) is 0.333. The first-order valence-corrected chi connectivity index (χ1v) is 6.23. The van der Waals surface area contributed by atoms with Gasteiger partial charge in [-0.1, -0.05) is 6.42 Å². The van der Waals surface area contributed by atoms with Gasteiger partial charge in [0, 0.05) is 24.8 Å². The van der Waals surface area contributed by atoms with Crippen LogP contribution in [0.4, 0.5) is 0 Å². The summed E-state index contributed by atoms with van der Waals surface area (Å²) in [6, 6.07) is 8.40. The highest BCUT2D eigenvalue weighted by Gasteiger charge is 1.94. The summed E-state index contributed by atoms with van der Waals surface area (Å²) in [5.41, 5.74) is 2.79. The first-order valence-electron chi connectivity index (χ1n) is 6.23. The van der Waals surface area contributed by atoms with E-state index in [-0.39, 0.29) is 0 Å². The first-order chi connectivity index (χ1) is 8.45. The number of aromatic nitrogens is 2. The first kappa shape index (κ1) is 11.8. The van der Waals surface area contributed by atoms with Crippen molar-refractivity contribution in [3.05, 3.63) is 60.2 Å². The predicted octanol–water partition coefficient (Wildman–Crippen LogP) is 3.43. The largest absolute Gasteiger partial charge is 0.265 e. The predicted molar refractivity (Wildman–Crippen MR) is 69.7 cm³/mol. The van der Waals surface area contributed by atoms with E-state index in [1.165, 1.54) is 43.2 Å². The van der Waals surface area contributed by atoms with Crippen molar-refractivity contribution in [3.8, 4) is 0 Å². The quantitative estimate of drug-likeness (QED) is 0.705. The summed E-state index contributed by atoms with van der Waals surface area (Å²) < 4.78 is 0. The van der Waals surface area contributed by atoms with Gasteiger partial charge < -0.3 is 0 Å². The molecule has 0 bridgehead atoms. The maximum atomic E-state index is 4.02. The molecular formula is C15H18N2. The Bertz CT molecular complexity index is 370. The third-order valence-corrected chi connectivity index (χ3v) is 2.93. The van der Waals surface area contributed by atoms with Gasteiger partial charge in [0.25, 0.3) is 0 Å². The second kappa shape index (κ2) is 6.79. The lowest BCUT2D eigenvalue weighted by atomic mass is 10.0. The third-order valence-electron chi connectivity index (χ3n) is 2.93. The van der Waals surface area contributed by atoms with Crippen LogP contribution in [0.15, 0.2) is 49.1 Å². The van der Waals surface area contributed by atoms with Crippen LogP contribution < -0.4 is 0 Å². The van der Waals surface area contributed by atoms with E-state index in [0.717, 1.165) is 0 Å². The Morgan fingerprint density at radius 3 is 1.41 bits per heavy atom. The van der Waals surface area contributed by atoms with Crippen molar-refractivity contribution >= 4 is 0 Å². The molecule has 0 aliphatic heterocycles. The SMILES string of the molecule is c1cc(CCCCCc2ccncc2)ccn1. The van der Waals surface area contributed by atoms with Crippen molar-refractivity contribution in [2.24, 2.45) is 0 Å². The van der Waals surface area contributed by atoms with Crippen LogP contribution in [0.25, 0.3) is 0 Å². The van der Waals surface area contributed by atoms with Gasteiger partial charge in [0.15, 0.2) is 0 Å². The van der Waals surface area contributed by atoms with E-state index in [9.17, 15) is 0 Å². The minimum atomic E-state index is 1.17. The molecule has 0 amide bonds. The van der Waals surface area contributed by atoms with E-state index in [0.29, 0.717) is 0 Å². The lowest BCUT2D eigenvalue weighted by Crippen LogP contribution is -1.89. The van der Waals surface area contributed by atoms with Gasteiger partial charge in [0.1, 0.15) is 0 Å². The molecule has 0 aromatic carbocycles. The molecule has 2 rings (SSSR count). The molecule has 0 atom stereocenters. The summed E-state index contributed by atoms with van der Waals surface area (Å²) in [5.74, 6) is 0. The maximum Gasteiger partial charge on any atom is 0.0270 e. The van der Waals surface area contributed by atoms with Crippen molar-refractivity contribution < 1.29 is 0 Å². The van der Waals surface area contributed by atoms with Crippen molar-refractivity contribution in [1.29, 1.82) is 0 Å². The molecule has 17 heavy (non-hydrogen) atoms. The van der Waals surface area contributed by atoms with Gasteiger partial charge >= 0.3 is 0 Å². The van der Waals surface area contributed by atoms with Crippen LogP contribution in [0.3, 0.4) is 0 Å². The molecule has 2 heterocycles. The van der Waals surface area contributed by atoms with E-state index in [2.05, 4.69) is 34.2 Å². The van der Waals surface area contributed by atoms with E-state index in [4.69, 9.17) is 0 Å². The highest BCUT2D eigenvalue weighted by molar-refractivity contribution is 5.10. The number of hydrogen-bond donors (Lipinski definition) is 0. The van der Waals surface area contributed by atoms with Gasteiger partial charge in [-0.05, 0) is 61.1 Å². The smallest absolute Gasteiger partial charge is 0.0270 e. The van der Waals surface area contributed by atoms with Gasteiger partial charge in [-0.15, -0.1) is 0 Å². The zero-order valence-electron chi connectivity index (χ0n) is 10.0. The molecule has 0 unspecified atom stereocenters. The lowest BCUT2D eigenvalue weighted by molar-refractivity contribution is 0.678. The van der Waals surface area contributed by atoms with Crippen molar-refractivity contribution in [3.63, 3.8) is 0 Å². The summed E-state index contributed by atoms with van der Waals surface area (Å²) in [5, 5.41) is 0. The number of aryl methyl sites for hydroxylation is 2. The molecule has 2 heteroatoms. The van der Waals surface area contributed by atoms with Crippen LogP contribution in [0.2, 0.25) is 0 Å². The highest BCUT2D eigenvalue weighted by atomic mass is 14.6. The Balaban J connectivity index is 1.61. The Labute approximate surface area is 103 Å². The third kappa shape index (κ3) is 4.35. The molecule has 2 aromatic heterocycles. The van der Waals surface area contributed by atoms with Crippen LogP contribution in [-0.2, 0) is 12.8 Å². The fourth-order valence-electron chi connectivity index (χ4n) is 1.93. The fourth-order valence-corrected chi connectivity index (χ4v) is 1.93. The Morgan fingerprint density at radius 2 is 1.00 bits per heavy atom. The number of unbranched alkanes of at least 4 members (excludes halogenated alkanes) is 2. The van der Waals surface area contributed by atoms with Crippen LogP contribution in [0.5, 0.6) is 0 Å². The van der Waals surface area contributed by atoms with Gasteiger partial charge in [-0.3, -0.25) is 9.97 Å². The summed E-state index contributed by atoms with van der Waals surface area (Å²) in [6.07, 6.45) is 13.6. The average Bonchev–Trinajstić information content (AvgIpc) is 2.41. The zero-order chi connectivity index (χ0) is 11.8. The molecule has 0 aliphatic rings. The van der Waals surface area contributed by atoms with Crippen LogP contribution in [0.1, 0.15) is 30.4 Å². The summed E-state index contributed by atoms with van der Waals surface area (Å²) in [6.45, 7) is 0. The second-order valence-corrected chi connectivity index (χ2v) is 4.27. The van der Waals surface area contributed by atoms with Gasteiger partial charge in [-0.25, -0.2) is 0 Å². The van der Waals surface area contributed by atoms with Gasteiger partial charge in [0.05, 0.1) is 0 Å². The minimum Gasteiger partial charge on any atom is -0.265 e. The van der Waals surface area contributed by atoms with Gasteiger partial charge in [-0.2, -0.15) is 0 Å². The Kier molecular flexibility index (Phi) is 4.70. The molecule has 2 aromatic rings. The van der Waals surface area contributed by atoms with Crippen LogP contribution >= 0.6 is 0 Å². The average molecular weight is 226 g/mol. The van der Waals surface area contributed by atoms with Crippen LogP contribution in [-0.4, -0.2) is 9.97 Å². The highest BCUT2D eigenvalue weighted by Crippen LogP contribution is 2.08. The van der Waals surface area contributed by atoms with E-state index < -0.39 is 0 Å². The molecule has 0 fully saturated rings. The van der Waals surface area contributed by atoms with Crippen molar-refractivity contribution in [2.45, 2.75) is 32.1 Å². The normalized spacial score (nSPS) is 10.4. The monoisotopic (exact) mass is 226 g/mol. The molecule has 0 radical (unpaired) electrons. The number of nitrogens with zero attached hydrogens (tertiary/aromatic N) is 2. The van der Waals surface area contributed by atoms with Crippen molar-refractivity contribution in [1.82, 2.24) is 9.97 Å². The Hall–Kier alpha value is -1.70.